The fourth-order valence-electron chi connectivity index (χ4n) is 1.02. The van der Waals surface area contributed by atoms with Gasteiger partial charge in [0.2, 0.25) is 0 Å². The lowest BCUT2D eigenvalue weighted by atomic mass is 10.3. The number of carboxylic acid groups (broad SMARTS) is 1. The minimum absolute atomic E-state index is 0.125. The number of hydrogen-bond acceptors (Lipinski definition) is 2. The molecular weight excluding hydrogens is 184 g/mol. The van der Waals surface area contributed by atoms with Crippen LogP contribution in [0.25, 0.3) is 0 Å². The average Bonchev–Trinajstić information content (AvgIpc) is 2.04. The van der Waals surface area contributed by atoms with Gasteiger partial charge in [-0.1, -0.05) is 25.1 Å². The van der Waals surface area contributed by atoms with E-state index in [4.69, 9.17) is 5.11 Å². The van der Waals surface area contributed by atoms with E-state index in [1.807, 2.05) is 37.3 Å². The second-order valence-corrected chi connectivity index (χ2v) is 4.35. The number of carboxylic acids is 1. The number of carbonyl (C=O) groups is 1. The molecule has 1 rings (SSSR count). The van der Waals surface area contributed by atoms with E-state index in [1.54, 1.807) is 11.8 Å². The molecule has 0 saturated carbocycles. The zero-order valence-electron chi connectivity index (χ0n) is 7.43. The molecule has 0 aromatic heterocycles. The highest BCUT2D eigenvalue weighted by atomic mass is 32.2. The molecule has 1 N–H and O–H groups in total. The third kappa shape index (κ3) is 3.99. The molecule has 0 aliphatic rings. The van der Waals surface area contributed by atoms with Gasteiger partial charge in [0.15, 0.2) is 0 Å². The van der Waals surface area contributed by atoms with Gasteiger partial charge in [-0.25, -0.2) is 0 Å². The van der Waals surface area contributed by atoms with E-state index < -0.39 is 5.97 Å². The predicted octanol–water partition coefficient (Wildman–Crippen LogP) is 2.64. The van der Waals surface area contributed by atoms with Crippen LogP contribution in [0, 0.1) is 0 Å². The molecule has 0 heterocycles. The second kappa shape index (κ2) is 4.92. The summed E-state index contributed by atoms with van der Waals surface area (Å²) in [6, 6.07) is 9.84. The van der Waals surface area contributed by atoms with Gasteiger partial charge in [0.25, 0.3) is 0 Å². The standard InChI is InChI=1S/C10H12O2S/c1-8(7-10(11)12)13-9-5-3-2-4-6-9/h2-6,8H,7H2,1H3,(H,11,12)/t8-/m1/s1. The molecule has 0 fully saturated rings. The summed E-state index contributed by atoms with van der Waals surface area (Å²) in [5.41, 5.74) is 0. The summed E-state index contributed by atoms with van der Waals surface area (Å²) >= 11 is 1.59. The maximum absolute atomic E-state index is 10.4. The molecule has 70 valence electrons. The van der Waals surface area contributed by atoms with E-state index >= 15 is 0 Å². The minimum Gasteiger partial charge on any atom is -0.481 e. The maximum atomic E-state index is 10.4. The van der Waals surface area contributed by atoms with Gasteiger partial charge in [0, 0.05) is 10.1 Å². The van der Waals surface area contributed by atoms with E-state index in [-0.39, 0.29) is 11.7 Å². The van der Waals surface area contributed by atoms with Gasteiger partial charge < -0.3 is 5.11 Å². The van der Waals surface area contributed by atoms with Crippen LogP contribution >= 0.6 is 11.8 Å². The van der Waals surface area contributed by atoms with Gasteiger partial charge in [0.05, 0.1) is 6.42 Å². The Morgan fingerprint density at radius 1 is 1.46 bits per heavy atom. The first-order valence-corrected chi connectivity index (χ1v) is 5.00. The largest absolute Gasteiger partial charge is 0.481 e. The zero-order valence-corrected chi connectivity index (χ0v) is 8.25. The molecule has 1 aromatic rings. The summed E-state index contributed by atoms with van der Waals surface area (Å²) in [6.45, 7) is 1.92. The third-order valence-electron chi connectivity index (χ3n) is 1.54. The lowest BCUT2D eigenvalue weighted by molar-refractivity contribution is -0.136. The van der Waals surface area contributed by atoms with E-state index in [0.717, 1.165) is 4.90 Å². The lowest BCUT2D eigenvalue weighted by Gasteiger charge is -2.07. The quantitative estimate of drug-likeness (QED) is 0.752. The van der Waals surface area contributed by atoms with Crippen molar-refractivity contribution in [3.63, 3.8) is 0 Å². The van der Waals surface area contributed by atoms with Crippen LogP contribution in [0.3, 0.4) is 0 Å². The highest BCUT2D eigenvalue weighted by molar-refractivity contribution is 8.00. The molecule has 1 aromatic carbocycles. The van der Waals surface area contributed by atoms with Gasteiger partial charge in [0.1, 0.15) is 0 Å². The van der Waals surface area contributed by atoms with Crippen LogP contribution in [0.15, 0.2) is 35.2 Å². The molecule has 0 unspecified atom stereocenters. The molecule has 0 spiro atoms. The fraction of sp³-hybridized carbons (Fsp3) is 0.300. The molecule has 0 amide bonds. The minimum atomic E-state index is -0.740. The Morgan fingerprint density at radius 2 is 2.08 bits per heavy atom. The third-order valence-corrected chi connectivity index (χ3v) is 2.66. The number of hydrogen-bond donors (Lipinski definition) is 1. The Kier molecular flexibility index (Phi) is 3.83. The van der Waals surface area contributed by atoms with E-state index in [0.29, 0.717) is 0 Å². The van der Waals surface area contributed by atoms with Crippen LogP contribution in [-0.2, 0) is 4.79 Å². The number of thioether (sulfide) groups is 1. The van der Waals surface area contributed by atoms with Crippen molar-refractivity contribution in [2.45, 2.75) is 23.5 Å². The second-order valence-electron chi connectivity index (χ2n) is 2.84. The first-order valence-electron chi connectivity index (χ1n) is 4.12. The lowest BCUT2D eigenvalue weighted by Crippen LogP contribution is -2.05. The van der Waals surface area contributed by atoms with E-state index in [2.05, 4.69) is 0 Å². The van der Waals surface area contributed by atoms with Crippen molar-refractivity contribution in [1.82, 2.24) is 0 Å². The van der Waals surface area contributed by atoms with Crippen molar-refractivity contribution in [2.24, 2.45) is 0 Å². The van der Waals surface area contributed by atoms with Gasteiger partial charge >= 0.3 is 5.97 Å². The highest BCUT2D eigenvalue weighted by Gasteiger charge is 2.08. The Hall–Kier alpha value is -0.960. The van der Waals surface area contributed by atoms with Crippen LogP contribution in [0.1, 0.15) is 13.3 Å². The monoisotopic (exact) mass is 196 g/mol. The molecule has 0 bridgehead atoms. The molecule has 1 atom stereocenters. The van der Waals surface area contributed by atoms with Crippen molar-refractivity contribution < 1.29 is 9.90 Å². The molecule has 0 aliphatic carbocycles. The van der Waals surface area contributed by atoms with Crippen molar-refractivity contribution in [2.75, 3.05) is 0 Å². The maximum Gasteiger partial charge on any atom is 0.304 e. The van der Waals surface area contributed by atoms with Crippen LogP contribution in [0.5, 0.6) is 0 Å². The Balaban J connectivity index is 2.45. The number of aliphatic carboxylic acids is 1. The Labute approximate surface area is 82.0 Å². The van der Waals surface area contributed by atoms with Crippen molar-refractivity contribution in [1.29, 1.82) is 0 Å². The Morgan fingerprint density at radius 3 is 2.62 bits per heavy atom. The summed E-state index contributed by atoms with van der Waals surface area (Å²) in [7, 11) is 0. The normalized spacial score (nSPS) is 12.4. The molecule has 0 radical (unpaired) electrons. The first-order chi connectivity index (χ1) is 6.18. The summed E-state index contributed by atoms with van der Waals surface area (Å²) in [5.74, 6) is -0.740. The highest BCUT2D eigenvalue weighted by Crippen LogP contribution is 2.24. The average molecular weight is 196 g/mol. The van der Waals surface area contributed by atoms with Crippen molar-refractivity contribution >= 4 is 17.7 Å². The summed E-state index contributed by atoms with van der Waals surface area (Å²) in [4.78, 5) is 11.5. The molecule has 3 heteroatoms. The van der Waals surface area contributed by atoms with Gasteiger partial charge in [-0.2, -0.15) is 0 Å². The SMILES string of the molecule is C[C@H](CC(=O)O)Sc1ccccc1. The predicted molar refractivity (Wildman–Crippen MR) is 54.0 cm³/mol. The van der Waals surface area contributed by atoms with Crippen molar-refractivity contribution in [3.05, 3.63) is 30.3 Å². The number of rotatable bonds is 4. The summed E-state index contributed by atoms with van der Waals surface area (Å²) < 4.78 is 0. The van der Waals surface area contributed by atoms with Crippen LogP contribution < -0.4 is 0 Å². The van der Waals surface area contributed by atoms with Gasteiger partial charge in [-0.05, 0) is 12.1 Å². The smallest absolute Gasteiger partial charge is 0.304 e. The molecule has 2 nitrogen and oxygen atoms in total. The van der Waals surface area contributed by atoms with Crippen LogP contribution in [0.2, 0.25) is 0 Å². The topological polar surface area (TPSA) is 37.3 Å². The molecule has 0 saturated heterocycles. The van der Waals surface area contributed by atoms with Gasteiger partial charge in [-0.3, -0.25) is 4.79 Å². The molecular formula is C10H12O2S. The van der Waals surface area contributed by atoms with Gasteiger partial charge in [-0.15, -0.1) is 11.8 Å². The Bertz CT molecular complexity index is 272. The van der Waals surface area contributed by atoms with Crippen LogP contribution in [0.4, 0.5) is 0 Å². The van der Waals surface area contributed by atoms with Crippen molar-refractivity contribution in [3.8, 4) is 0 Å². The molecule has 13 heavy (non-hydrogen) atoms. The van der Waals surface area contributed by atoms with E-state index in [9.17, 15) is 4.79 Å². The fourth-order valence-corrected chi connectivity index (χ4v) is 2.02. The molecule has 0 aliphatic heterocycles. The van der Waals surface area contributed by atoms with E-state index in [1.165, 1.54) is 0 Å². The first kappa shape index (κ1) is 10.1. The zero-order chi connectivity index (χ0) is 9.68. The summed E-state index contributed by atoms with van der Waals surface area (Å²) in [6.07, 6.45) is 0.208. The summed E-state index contributed by atoms with van der Waals surface area (Å²) in [5, 5.41) is 8.67. The van der Waals surface area contributed by atoms with Crippen LogP contribution in [-0.4, -0.2) is 16.3 Å². The number of benzene rings is 1.